The lowest BCUT2D eigenvalue weighted by Gasteiger charge is -2.33. The van der Waals surface area contributed by atoms with Gasteiger partial charge in [0, 0.05) is 18.1 Å². The Bertz CT molecular complexity index is 1650. The third-order valence-corrected chi connectivity index (χ3v) is 9.38. The number of sulfonamides is 1. The SMILES string of the molecule is CCCCNC(=O)[C@H](CC)N(Cc1ccccc1Cl)C(=O)CN(c1ccc(Oc2ccccc2)cc1)S(=O)(=O)c1ccccc1. The van der Waals surface area contributed by atoms with Crippen molar-refractivity contribution >= 4 is 39.1 Å². The second-order valence-corrected chi connectivity index (χ2v) is 12.7. The summed E-state index contributed by atoms with van der Waals surface area (Å²) in [7, 11) is -4.19. The summed E-state index contributed by atoms with van der Waals surface area (Å²) in [4.78, 5) is 29.0. The standard InChI is InChI=1S/C35H38ClN3O5S/c1-3-5-24-37-35(41)33(4-2)38(25-27-14-12-13-19-32(27)36)34(40)26-39(45(42,43)31-17-10-7-11-18-31)28-20-22-30(23-21-28)44-29-15-8-6-9-16-29/h6-23,33H,3-5,24-26H2,1-2H3,(H,37,41)/t33-/m0/s1. The van der Waals surface area contributed by atoms with Crippen LogP contribution >= 0.6 is 11.6 Å². The summed E-state index contributed by atoms with van der Waals surface area (Å²) in [5.41, 5.74) is 0.915. The molecular formula is C35H38ClN3O5S. The first kappa shape index (κ1) is 33.6. The van der Waals surface area contributed by atoms with Crippen molar-refractivity contribution in [3.05, 3.63) is 120 Å². The Morgan fingerprint density at radius 2 is 1.42 bits per heavy atom. The van der Waals surface area contributed by atoms with Crippen molar-refractivity contribution in [3.8, 4) is 11.5 Å². The van der Waals surface area contributed by atoms with Crippen LogP contribution in [0, 0.1) is 0 Å². The van der Waals surface area contributed by atoms with Gasteiger partial charge in [0.1, 0.15) is 24.1 Å². The van der Waals surface area contributed by atoms with Crippen molar-refractivity contribution in [1.29, 1.82) is 0 Å². The number of benzene rings is 4. The fraction of sp³-hybridized carbons (Fsp3) is 0.257. The summed E-state index contributed by atoms with van der Waals surface area (Å²) in [5.74, 6) is 0.290. The Kier molecular flexibility index (Phi) is 12.0. The summed E-state index contributed by atoms with van der Waals surface area (Å²) in [6.07, 6.45) is 2.03. The quantitative estimate of drug-likeness (QED) is 0.140. The third-order valence-electron chi connectivity index (χ3n) is 7.23. The number of halogens is 1. The monoisotopic (exact) mass is 647 g/mol. The minimum absolute atomic E-state index is 0.0291. The van der Waals surface area contributed by atoms with E-state index in [1.54, 1.807) is 66.7 Å². The van der Waals surface area contributed by atoms with E-state index in [4.69, 9.17) is 16.3 Å². The average Bonchev–Trinajstić information content (AvgIpc) is 3.05. The maximum absolute atomic E-state index is 14.2. The second-order valence-electron chi connectivity index (χ2n) is 10.4. The van der Waals surface area contributed by atoms with Gasteiger partial charge in [0.25, 0.3) is 10.0 Å². The van der Waals surface area contributed by atoms with Crippen LogP contribution in [-0.4, -0.2) is 44.3 Å². The predicted octanol–water partition coefficient (Wildman–Crippen LogP) is 7.05. The van der Waals surface area contributed by atoms with Gasteiger partial charge in [0.15, 0.2) is 0 Å². The minimum Gasteiger partial charge on any atom is -0.457 e. The fourth-order valence-corrected chi connectivity index (χ4v) is 6.42. The molecule has 0 bridgehead atoms. The Hall–Kier alpha value is -4.34. The number of rotatable bonds is 15. The number of ether oxygens (including phenoxy) is 1. The molecule has 236 valence electrons. The highest BCUT2D eigenvalue weighted by Crippen LogP contribution is 2.29. The molecular weight excluding hydrogens is 610 g/mol. The largest absolute Gasteiger partial charge is 0.457 e. The summed E-state index contributed by atoms with van der Waals surface area (Å²) < 4.78 is 35.1. The normalized spacial score (nSPS) is 11.8. The maximum Gasteiger partial charge on any atom is 0.264 e. The van der Waals surface area contributed by atoms with Crippen LogP contribution in [-0.2, 0) is 26.2 Å². The third kappa shape index (κ3) is 8.86. The number of hydrogen-bond acceptors (Lipinski definition) is 5. The molecule has 1 atom stereocenters. The number of amides is 2. The number of anilines is 1. The highest BCUT2D eigenvalue weighted by molar-refractivity contribution is 7.92. The van der Waals surface area contributed by atoms with Gasteiger partial charge in [0.2, 0.25) is 11.8 Å². The van der Waals surface area contributed by atoms with Crippen LogP contribution in [0.5, 0.6) is 11.5 Å². The molecule has 8 nitrogen and oxygen atoms in total. The Labute approximate surface area is 270 Å². The number of carbonyl (C=O) groups is 2. The molecule has 0 fully saturated rings. The van der Waals surface area contributed by atoms with Crippen LogP contribution in [0.3, 0.4) is 0 Å². The van der Waals surface area contributed by atoms with Gasteiger partial charge in [-0.3, -0.25) is 13.9 Å². The summed E-state index contributed by atoms with van der Waals surface area (Å²) in [6.45, 7) is 3.81. The van der Waals surface area contributed by atoms with E-state index in [0.29, 0.717) is 35.1 Å². The summed E-state index contributed by atoms with van der Waals surface area (Å²) in [6, 6.07) is 29.9. The van der Waals surface area contributed by atoms with E-state index in [-0.39, 0.29) is 23.0 Å². The molecule has 0 spiro atoms. The molecule has 0 heterocycles. The van der Waals surface area contributed by atoms with E-state index < -0.39 is 28.5 Å². The first-order chi connectivity index (χ1) is 21.7. The van der Waals surface area contributed by atoms with Gasteiger partial charge in [-0.2, -0.15) is 0 Å². The van der Waals surface area contributed by atoms with Gasteiger partial charge >= 0.3 is 0 Å². The second kappa shape index (κ2) is 16.1. The highest BCUT2D eigenvalue weighted by atomic mass is 35.5. The van der Waals surface area contributed by atoms with E-state index in [9.17, 15) is 18.0 Å². The molecule has 0 aliphatic heterocycles. The number of nitrogens with zero attached hydrogens (tertiary/aromatic N) is 2. The van der Waals surface area contributed by atoms with Crippen molar-refractivity contribution in [3.63, 3.8) is 0 Å². The smallest absolute Gasteiger partial charge is 0.264 e. The first-order valence-corrected chi connectivity index (χ1v) is 16.8. The fourth-order valence-electron chi connectivity index (χ4n) is 4.79. The molecule has 4 aromatic rings. The van der Waals surface area contributed by atoms with Crippen LogP contribution in [0.1, 0.15) is 38.7 Å². The van der Waals surface area contributed by atoms with Gasteiger partial charge < -0.3 is 15.0 Å². The number of unbranched alkanes of at least 4 members (excludes halogenated alkanes) is 1. The highest BCUT2D eigenvalue weighted by Gasteiger charge is 2.34. The van der Waals surface area contributed by atoms with Gasteiger partial charge in [-0.05, 0) is 73.0 Å². The summed E-state index contributed by atoms with van der Waals surface area (Å²) in [5, 5.41) is 3.37. The van der Waals surface area contributed by atoms with E-state index in [1.807, 2.05) is 44.2 Å². The molecule has 0 radical (unpaired) electrons. The van der Waals surface area contributed by atoms with E-state index >= 15 is 0 Å². The van der Waals surface area contributed by atoms with Crippen molar-refractivity contribution in [2.24, 2.45) is 0 Å². The number of carbonyl (C=O) groups excluding carboxylic acids is 2. The van der Waals surface area contributed by atoms with Gasteiger partial charge in [-0.25, -0.2) is 8.42 Å². The molecule has 0 aliphatic rings. The van der Waals surface area contributed by atoms with Gasteiger partial charge in [-0.15, -0.1) is 0 Å². The molecule has 4 aromatic carbocycles. The molecule has 1 N–H and O–H groups in total. The lowest BCUT2D eigenvalue weighted by atomic mass is 10.1. The van der Waals surface area contributed by atoms with Crippen molar-refractivity contribution in [2.45, 2.75) is 50.6 Å². The van der Waals surface area contributed by atoms with Crippen LogP contribution in [0.15, 0.2) is 114 Å². The Morgan fingerprint density at radius 1 is 0.822 bits per heavy atom. The summed E-state index contributed by atoms with van der Waals surface area (Å²) >= 11 is 6.47. The average molecular weight is 648 g/mol. The number of nitrogens with one attached hydrogen (secondary N) is 1. The minimum atomic E-state index is -4.19. The van der Waals surface area contributed by atoms with Crippen molar-refractivity contribution in [1.82, 2.24) is 10.2 Å². The zero-order valence-corrected chi connectivity index (χ0v) is 27.0. The van der Waals surface area contributed by atoms with Crippen molar-refractivity contribution in [2.75, 3.05) is 17.4 Å². The zero-order chi connectivity index (χ0) is 32.2. The predicted molar refractivity (Wildman–Crippen MR) is 178 cm³/mol. The molecule has 45 heavy (non-hydrogen) atoms. The Balaban J connectivity index is 1.70. The van der Waals surface area contributed by atoms with Crippen LogP contribution in [0.25, 0.3) is 0 Å². The van der Waals surface area contributed by atoms with E-state index in [2.05, 4.69) is 5.32 Å². The molecule has 0 saturated carbocycles. The van der Waals surface area contributed by atoms with E-state index in [0.717, 1.165) is 17.1 Å². The molecule has 0 saturated heterocycles. The first-order valence-electron chi connectivity index (χ1n) is 15.0. The topological polar surface area (TPSA) is 96.0 Å². The lowest BCUT2D eigenvalue weighted by molar-refractivity contribution is -0.140. The number of para-hydroxylation sites is 1. The lowest BCUT2D eigenvalue weighted by Crippen LogP contribution is -2.52. The zero-order valence-electron chi connectivity index (χ0n) is 25.4. The maximum atomic E-state index is 14.2. The molecule has 0 aromatic heterocycles. The van der Waals surface area contributed by atoms with E-state index in [1.165, 1.54) is 17.0 Å². The van der Waals surface area contributed by atoms with Gasteiger partial charge in [-0.1, -0.05) is 86.5 Å². The van der Waals surface area contributed by atoms with Crippen LogP contribution in [0.2, 0.25) is 5.02 Å². The molecule has 2 amide bonds. The molecule has 4 rings (SSSR count). The van der Waals surface area contributed by atoms with Crippen molar-refractivity contribution < 1.29 is 22.7 Å². The molecule has 0 unspecified atom stereocenters. The number of hydrogen-bond donors (Lipinski definition) is 1. The molecule has 0 aliphatic carbocycles. The van der Waals surface area contributed by atoms with Crippen LogP contribution < -0.4 is 14.4 Å². The van der Waals surface area contributed by atoms with Crippen LogP contribution in [0.4, 0.5) is 5.69 Å². The Morgan fingerprint density at radius 3 is 2.04 bits per heavy atom. The molecule has 10 heteroatoms. The van der Waals surface area contributed by atoms with Gasteiger partial charge in [0.05, 0.1) is 10.6 Å².